The number of carboxylic acids is 1. The zero-order valence-corrected chi connectivity index (χ0v) is 11.8. The van der Waals surface area contributed by atoms with Crippen LogP contribution in [0.5, 0.6) is 0 Å². The van der Waals surface area contributed by atoms with Gasteiger partial charge in [-0.2, -0.15) is 0 Å². The Kier molecular flexibility index (Phi) is 5.95. The number of amides is 1. The minimum absolute atomic E-state index is 0.0172. The summed E-state index contributed by atoms with van der Waals surface area (Å²) in [6, 6.07) is -0.673. The third-order valence-corrected chi connectivity index (χ3v) is 4.64. The fourth-order valence-corrected chi connectivity index (χ4v) is 3.59. The number of thioether (sulfide) groups is 1. The minimum atomic E-state index is -0.905. The van der Waals surface area contributed by atoms with E-state index in [0.717, 1.165) is 12.8 Å². The molecular weight excluding hydrogens is 252 g/mol. The van der Waals surface area contributed by atoms with Gasteiger partial charge in [0.1, 0.15) is 6.04 Å². The lowest BCUT2D eigenvalue weighted by atomic mass is 10.1. The van der Waals surface area contributed by atoms with Crippen molar-refractivity contribution in [1.29, 1.82) is 0 Å². The monoisotopic (exact) mass is 274 g/mol. The third kappa shape index (κ3) is 3.62. The number of unbranched alkanes of at least 4 members (excludes halogenated alkanes) is 1. The zero-order valence-electron chi connectivity index (χ0n) is 11.0. The number of carboxylic acid groups (broad SMARTS) is 1. The number of carbonyl (C=O) groups is 2. The summed E-state index contributed by atoms with van der Waals surface area (Å²) in [6.45, 7) is 4.60. The molecule has 1 amide bonds. The Balaban J connectivity index is 2.70. The van der Waals surface area contributed by atoms with Crippen molar-refractivity contribution in [2.75, 3.05) is 12.3 Å². The number of carbonyl (C=O) groups excluding carboxylic acids is 1. The molecule has 18 heavy (non-hydrogen) atoms. The summed E-state index contributed by atoms with van der Waals surface area (Å²) < 4.78 is 0. The molecule has 0 aromatic rings. The van der Waals surface area contributed by atoms with Crippen molar-refractivity contribution >= 4 is 23.6 Å². The molecule has 0 aromatic carbocycles. The van der Waals surface area contributed by atoms with Crippen LogP contribution in [0.4, 0.5) is 0 Å². The second-order valence-electron chi connectivity index (χ2n) is 4.87. The van der Waals surface area contributed by atoms with Gasteiger partial charge in [0.25, 0.3) is 0 Å². The van der Waals surface area contributed by atoms with E-state index >= 15 is 0 Å². The SMILES string of the molecule is CC(C)C1SCC(C(=O)O)N1C(=O)CCCCN. The molecular formula is C12H22N2O3S. The van der Waals surface area contributed by atoms with E-state index in [9.17, 15) is 14.7 Å². The average Bonchev–Trinajstić information content (AvgIpc) is 2.73. The molecule has 1 rings (SSSR count). The summed E-state index contributed by atoms with van der Waals surface area (Å²) in [4.78, 5) is 24.9. The van der Waals surface area contributed by atoms with Gasteiger partial charge in [-0.3, -0.25) is 4.79 Å². The highest BCUT2D eigenvalue weighted by Gasteiger charge is 2.42. The first-order chi connectivity index (χ1) is 8.49. The summed E-state index contributed by atoms with van der Waals surface area (Å²) in [5.74, 6) is -0.212. The Hall–Kier alpha value is -0.750. The van der Waals surface area contributed by atoms with Crippen molar-refractivity contribution in [3.63, 3.8) is 0 Å². The van der Waals surface area contributed by atoms with E-state index < -0.39 is 12.0 Å². The quantitative estimate of drug-likeness (QED) is 0.709. The molecule has 6 heteroatoms. The van der Waals surface area contributed by atoms with Gasteiger partial charge in [-0.25, -0.2) is 4.79 Å². The van der Waals surface area contributed by atoms with E-state index in [2.05, 4.69) is 0 Å². The normalized spacial score (nSPS) is 23.7. The molecule has 1 heterocycles. The van der Waals surface area contributed by atoms with Crippen molar-refractivity contribution in [1.82, 2.24) is 4.90 Å². The fraction of sp³-hybridized carbons (Fsp3) is 0.833. The van der Waals surface area contributed by atoms with Gasteiger partial charge in [0.15, 0.2) is 0 Å². The molecule has 0 saturated carbocycles. The van der Waals surface area contributed by atoms with Crippen LogP contribution in [0.2, 0.25) is 0 Å². The van der Waals surface area contributed by atoms with Crippen LogP contribution >= 0.6 is 11.8 Å². The molecule has 2 unspecified atom stereocenters. The molecule has 3 N–H and O–H groups in total. The number of nitrogens with zero attached hydrogens (tertiary/aromatic N) is 1. The number of hydrogen-bond donors (Lipinski definition) is 2. The smallest absolute Gasteiger partial charge is 0.327 e. The van der Waals surface area contributed by atoms with E-state index in [0.29, 0.717) is 18.7 Å². The van der Waals surface area contributed by atoms with Crippen LogP contribution in [0.25, 0.3) is 0 Å². The third-order valence-electron chi connectivity index (χ3n) is 3.02. The van der Waals surface area contributed by atoms with Crippen LogP contribution in [0.15, 0.2) is 0 Å². The lowest BCUT2D eigenvalue weighted by molar-refractivity contribution is -0.149. The highest BCUT2D eigenvalue weighted by atomic mass is 32.2. The van der Waals surface area contributed by atoms with Gasteiger partial charge >= 0.3 is 5.97 Å². The van der Waals surface area contributed by atoms with Crippen molar-refractivity contribution in [3.05, 3.63) is 0 Å². The van der Waals surface area contributed by atoms with Crippen LogP contribution in [-0.2, 0) is 9.59 Å². The highest BCUT2D eigenvalue weighted by Crippen LogP contribution is 2.34. The molecule has 1 fully saturated rings. The van der Waals surface area contributed by atoms with Crippen molar-refractivity contribution in [2.45, 2.75) is 44.5 Å². The molecule has 1 aliphatic rings. The van der Waals surface area contributed by atoms with Gasteiger partial charge in [-0.05, 0) is 25.3 Å². The average molecular weight is 274 g/mol. The maximum Gasteiger partial charge on any atom is 0.327 e. The topological polar surface area (TPSA) is 83.6 Å². The molecule has 104 valence electrons. The first-order valence-corrected chi connectivity index (χ1v) is 7.39. The fourth-order valence-electron chi connectivity index (χ4n) is 2.10. The van der Waals surface area contributed by atoms with Gasteiger partial charge in [0.2, 0.25) is 5.91 Å². The summed E-state index contributed by atoms with van der Waals surface area (Å²) >= 11 is 1.56. The Bertz CT molecular complexity index is 310. The predicted molar refractivity (Wildman–Crippen MR) is 72.3 cm³/mol. The summed E-state index contributed by atoms with van der Waals surface area (Å²) in [6.07, 6.45) is 1.93. The Morgan fingerprint density at radius 1 is 1.44 bits per heavy atom. The van der Waals surface area contributed by atoms with Crippen LogP contribution in [0.1, 0.15) is 33.1 Å². The van der Waals surface area contributed by atoms with Gasteiger partial charge in [-0.1, -0.05) is 13.8 Å². The van der Waals surface area contributed by atoms with E-state index in [4.69, 9.17) is 5.73 Å². The number of rotatable bonds is 6. The molecule has 0 spiro atoms. The molecule has 2 atom stereocenters. The molecule has 0 radical (unpaired) electrons. The van der Waals surface area contributed by atoms with E-state index in [1.807, 2.05) is 13.8 Å². The van der Waals surface area contributed by atoms with Crippen LogP contribution in [0, 0.1) is 5.92 Å². The lowest BCUT2D eigenvalue weighted by Crippen LogP contribution is -2.47. The van der Waals surface area contributed by atoms with Crippen molar-refractivity contribution in [2.24, 2.45) is 11.7 Å². The van der Waals surface area contributed by atoms with Crippen molar-refractivity contribution in [3.8, 4) is 0 Å². The highest BCUT2D eigenvalue weighted by molar-refractivity contribution is 8.00. The number of nitrogens with two attached hydrogens (primary N) is 1. The van der Waals surface area contributed by atoms with Gasteiger partial charge in [0.05, 0.1) is 5.37 Å². The largest absolute Gasteiger partial charge is 0.480 e. The Morgan fingerprint density at radius 2 is 2.11 bits per heavy atom. The standard InChI is InChI=1S/C12H22N2O3S/c1-8(2)11-14(9(7-18-11)12(16)17)10(15)5-3-4-6-13/h8-9,11H,3-7,13H2,1-2H3,(H,16,17). The van der Waals surface area contributed by atoms with Crippen LogP contribution in [0.3, 0.4) is 0 Å². The lowest BCUT2D eigenvalue weighted by Gasteiger charge is -2.29. The summed E-state index contributed by atoms with van der Waals surface area (Å²) in [5, 5.41) is 9.16. The number of hydrogen-bond acceptors (Lipinski definition) is 4. The Morgan fingerprint density at radius 3 is 2.61 bits per heavy atom. The minimum Gasteiger partial charge on any atom is -0.480 e. The molecule has 0 bridgehead atoms. The molecule has 0 aromatic heterocycles. The number of aliphatic carboxylic acids is 1. The molecule has 0 aliphatic carbocycles. The van der Waals surface area contributed by atoms with E-state index in [-0.39, 0.29) is 17.2 Å². The zero-order chi connectivity index (χ0) is 13.7. The van der Waals surface area contributed by atoms with E-state index in [1.165, 1.54) is 0 Å². The molecule has 5 nitrogen and oxygen atoms in total. The maximum absolute atomic E-state index is 12.2. The van der Waals surface area contributed by atoms with Crippen LogP contribution < -0.4 is 5.73 Å². The second kappa shape index (κ2) is 6.99. The maximum atomic E-state index is 12.2. The predicted octanol–water partition coefficient (Wildman–Crippen LogP) is 1.13. The first-order valence-electron chi connectivity index (χ1n) is 6.34. The second-order valence-corrected chi connectivity index (χ2v) is 6.02. The summed E-state index contributed by atoms with van der Waals surface area (Å²) in [7, 11) is 0. The van der Waals surface area contributed by atoms with Gasteiger partial charge in [0, 0.05) is 12.2 Å². The Labute approximate surface area is 112 Å². The summed E-state index contributed by atoms with van der Waals surface area (Å²) in [5.41, 5.74) is 5.40. The van der Waals surface area contributed by atoms with Crippen LogP contribution in [-0.4, -0.2) is 45.6 Å². The first kappa shape index (κ1) is 15.3. The van der Waals surface area contributed by atoms with Gasteiger partial charge in [-0.15, -0.1) is 11.8 Å². The van der Waals surface area contributed by atoms with Crippen molar-refractivity contribution < 1.29 is 14.7 Å². The molecule has 1 saturated heterocycles. The molecule has 1 aliphatic heterocycles. The van der Waals surface area contributed by atoms with E-state index in [1.54, 1.807) is 16.7 Å². The van der Waals surface area contributed by atoms with Gasteiger partial charge < -0.3 is 15.7 Å².